The van der Waals surface area contributed by atoms with Gasteiger partial charge in [0.25, 0.3) is 0 Å². The number of nitrogens with zero attached hydrogens (tertiary/aromatic N) is 17. The van der Waals surface area contributed by atoms with Crippen molar-refractivity contribution in [3.05, 3.63) is 456 Å². The lowest BCUT2D eigenvalue weighted by Gasteiger charge is -2.15. The second-order valence-electron chi connectivity index (χ2n) is 35.1. The highest BCUT2D eigenvalue weighted by molar-refractivity contribution is 6.18. The molecule has 17 heteroatoms. The van der Waals surface area contributed by atoms with E-state index < -0.39 is 0 Å². The molecule has 0 aliphatic carbocycles. The molecule has 19 aromatic carbocycles. The smallest absolute Gasteiger partial charge is 0.167 e. The summed E-state index contributed by atoms with van der Waals surface area (Å²) < 4.78 is 0. The molecule has 9 heterocycles. The van der Waals surface area contributed by atoms with Gasteiger partial charge < -0.3 is 0 Å². The van der Waals surface area contributed by atoms with Crippen molar-refractivity contribution in [1.82, 2.24) is 84.7 Å². The Labute approximate surface area is 812 Å². The highest BCUT2D eigenvalue weighted by Gasteiger charge is 2.24. The van der Waals surface area contributed by atoms with Crippen LogP contribution in [0.5, 0.6) is 0 Å². The third-order valence-electron chi connectivity index (χ3n) is 26.4. The Kier molecular flexibility index (Phi) is 20.8. The van der Waals surface area contributed by atoms with E-state index in [9.17, 15) is 0 Å². The Morgan fingerprint density at radius 2 is 0.345 bits per heavy atom. The van der Waals surface area contributed by atoms with Crippen molar-refractivity contribution in [2.45, 2.75) is 0 Å². The van der Waals surface area contributed by atoms with Gasteiger partial charge in [-0.15, -0.1) is 0 Å². The van der Waals surface area contributed by atoms with Crippen LogP contribution in [-0.4, -0.2) is 84.7 Å². The number of hydrogen-bond acceptors (Lipinski definition) is 17. The average Bonchev–Trinajstić information content (AvgIpc) is 0.747. The van der Waals surface area contributed by atoms with Gasteiger partial charge in [0.05, 0.1) is 44.6 Å². The van der Waals surface area contributed by atoms with Crippen molar-refractivity contribution >= 4 is 140 Å². The third kappa shape index (κ3) is 15.7. The zero-order valence-corrected chi connectivity index (χ0v) is 75.9. The standard InChI is InChI=1S/C45H27N5.C44H26N6.C36H22N6/c1-3-13-33-29(10-1)22-39(37-17-7-5-15-35(33)37)42-25-43(40-23-30-11-2-4-14-34(30)36-16-6-8-18-38(36)40)50-45(49-42)32-26-47-44(48-27-32)31-20-19-28-12-9-21-46-41(28)24-31;1-3-13-32-28(10-1)22-38(36-17-7-5-15-34(32)36)43-48-42(31-25-46-41(47-26-31)30-20-19-27-12-9-21-45-40(27)24-30)49-44(50-43)39-23-29-11-2-4-14-33(29)35-16-6-8-18-37(35)39;1-3-8-26-18-28(14-11-23(26)6-1)34-40-35(29-15-12-24-7-2-4-9-27(24)19-29)42-36(41-34)31-21-38-33(39-22-31)30-16-13-25-10-5-17-37-32(25)20-30/h1-27H;1-26H;1-22H. The zero-order valence-electron chi connectivity index (χ0n) is 75.9. The first-order valence-corrected chi connectivity index (χ1v) is 46.9. The quantitative estimate of drug-likeness (QED) is 0.104. The van der Waals surface area contributed by atoms with Crippen molar-refractivity contribution in [2.24, 2.45) is 0 Å². The maximum atomic E-state index is 5.24. The molecule has 0 aliphatic rings. The van der Waals surface area contributed by atoms with E-state index in [1.165, 1.54) is 32.3 Å². The predicted molar refractivity (Wildman–Crippen MR) is 575 cm³/mol. The molecule has 9 aromatic heterocycles. The highest BCUT2D eigenvalue weighted by Crippen LogP contribution is 2.44. The van der Waals surface area contributed by atoms with Crippen LogP contribution in [0, 0.1) is 0 Å². The van der Waals surface area contributed by atoms with Gasteiger partial charge in [-0.1, -0.05) is 322 Å². The van der Waals surface area contributed by atoms with Crippen LogP contribution in [0.2, 0.25) is 0 Å². The van der Waals surface area contributed by atoms with Crippen LogP contribution < -0.4 is 0 Å². The Morgan fingerprint density at radius 3 is 0.669 bits per heavy atom. The van der Waals surface area contributed by atoms with E-state index >= 15 is 0 Å². The number of hydrogen-bond donors (Lipinski definition) is 0. The fourth-order valence-corrected chi connectivity index (χ4v) is 19.4. The number of fused-ring (bicyclic) bond motifs is 17. The monoisotopic (exact) mass is 1810 g/mol. The van der Waals surface area contributed by atoms with Crippen LogP contribution in [0.25, 0.3) is 277 Å². The zero-order chi connectivity index (χ0) is 93.9. The summed E-state index contributed by atoms with van der Waals surface area (Å²) in [5.74, 6) is 5.81. The molecule has 0 unspecified atom stereocenters. The summed E-state index contributed by atoms with van der Waals surface area (Å²) in [5, 5.41) is 26.3. The van der Waals surface area contributed by atoms with Crippen LogP contribution in [0.1, 0.15) is 0 Å². The summed E-state index contributed by atoms with van der Waals surface area (Å²) in [6.45, 7) is 0. The molecule has 0 N–H and O–H groups in total. The van der Waals surface area contributed by atoms with Crippen molar-refractivity contribution in [1.29, 1.82) is 0 Å². The first-order chi connectivity index (χ1) is 70.3. The first-order valence-electron chi connectivity index (χ1n) is 46.9. The molecule has 0 saturated carbocycles. The largest absolute Gasteiger partial charge is 0.256 e. The molecular weight excluding hydrogens is 1740 g/mol. The average molecular weight is 1820 g/mol. The molecule has 0 saturated heterocycles. The minimum absolute atomic E-state index is 0.506. The number of pyridine rings is 3. The highest BCUT2D eigenvalue weighted by atomic mass is 15.1. The minimum atomic E-state index is 0.506. The molecular formula is C125H75N17. The Balaban J connectivity index is 0.000000110. The van der Waals surface area contributed by atoms with E-state index in [4.69, 9.17) is 59.8 Å². The van der Waals surface area contributed by atoms with Crippen molar-refractivity contribution in [3.63, 3.8) is 0 Å². The normalized spacial score (nSPS) is 11.5. The fourth-order valence-electron chi connectivity index (χ4n) is 19.4. The number of rotatable bonds is 12. The SMILES string of the molecule is c1ccc2cc(-c3nc(-c4cnc(-c5ccc6cccnc6c5)nc4)nc(-c4ccc5ccccc5c4)n3)ccc2c1.c1cnc2cc(-c3ncc(-c4nc(-c5cc6ccccc6c6ccccc56)cc(-c5cc6ccccc6c6ccccc56)n4)cn3)ccc2c1.c1cnc2cc(-c3ncc(-c4nc(-c5cc6ccccc6c6ccccc56)nc(-c5cc6ccccc6c6ccccc56)n4)cn3)ccc2c1. The van der Waals surface area contributed by atoms with Gasteiger partial charge >= 0.3 is 0 Å². The van der Waals surface area contributed by atoms with Crippen molar-refractivity contribution in [3.8, 4) is 136 Å². The molecule has 28 rings (SSSR count). The second-order valence-corrected chi connectivity index (χ2v) is 35.1. The molecule has 142 heavy (non-hydrogen) atoms. The number of benzene rings is 19. The summed E-state index contributed by atoms with van der Waals surface area (Å²) in [4.78, 5) is 82.7. The van der Waals surface area contributed by atoms with Crippen LogP contribution in [0.4, 0.5) is 0 Å². The lowest BCUT2D eigenvalue weighted by Crippen LogP contribution is -2.02. The summed E-state index contributed by atoms with van der Waals surface area (Å²) >= 11 is 0. The summed E-state index contributed by atoms with van der Waals surface area (Å²) in [7, 11) is 0. The third-order valence-corrected chi connectivity index (χ3v) is 26.4. The van der Waals surface area contributed by atoms with Crippen molar-refractivity contribution < 1.29 is 0 Å². The van der Waals surface area contributed by atoms with Crippen LogP contribution in [0.3, 0.4) is 0 Å². The Morgan fingerprint density at radius 1 is 0.120 bits per heavy atom. The molecule has 0 amide bonds. The lowest BCUT2D eigenvalue weighted by atomic mass is 9.93. The van der Waals surface area contributed by atoms with E-state index in [2.05, 4.69) is 322 Å². The predicted octanol–water partition coefficient (Wildman–Crippen LogP) is 29.8. The maximum Gasteiger partial charge on any atom is 0.167 e. The summed E-state index contributed by atoms with van der Waals surface area (Å²) in [5.41, 5.74) is 15.1. The van der Waals surface area contributed by atoms with E-state index in [0.717, 1.165) is 175 Å². The van der Waals surface area contributed by atoms with Gasteiger partial charge in [-0.25, -0.2) is 69.8 Å². The Hall–Kier alpha value is -19.7. The molecule has 0 fully saturated rings. The van der Waals surface area contributed by atoms with Crippen LogP contribution >= 0.6 is 0 Å². The van der Waals surface area contributed by atoms with Crippen LogP contribution in [0.15, 0.2) is 456 Å². The minimum Gasteiger partial charge on any atom is -0.256 e. The molecule has 660 valence electrons. The fraction of sp³-hybridized carbons (Fsp3) is 0. The van der Waals surface area contributed by atoms with Gasteiger partial charge in [0.15, 0.2) is 58.2 Å². The summed E-state index contributed by atoms with van der Waals surface area (Å²) in [6.07, 6.45) is 16.2. The maximum absolute atomic E-state index is 5.24. The molecule has 0 aliphatic heterocycles. The van der Waals surface area contributed by atoms with Gasteiger partial charge in [-0.2, -0.15) is 0 Å². The van der Waals surface area contributed by atoms with Gasteiger partial charge in [0, 0.05) is 122 Å². The molecule has 17 nitrogen and oxygen atoms in total. The Bertz CT molecular complexity index is 9140. The van der Waals surface area contributed by atoms with E-state index in [1.807, 2.05) is 116 Å². The second kappa shape index (κ2) is 35.6. The van der Waals surface area contributed by atoms with Gasteiger partial charge in [-0.05, 0) is 187 Å². The molecule has 28 aromatic rings. The van der Waals surface area contributed by atoms with Gasteiger partial charge in [0.2, 0.25) is 0 Å². The van der Waals surface area contributed by atoms with E-state index in [1.54, 1.807) is 43.4 Å². The first kappa shape index (κ1) is 83.0. The van der Waals surface area contributed by atoms with Gasteiger partial charge in [-0.3, -0.25) is 15.0 Å². The molecule has 0 atom stereocenters. The molecule has 0 spiro atoms. The van der Waals surface area contributed by atoms with E-state index in [0.29, 0.717) is 69.4 Å². The topological polar surface area (TPSA) is 219 Å². The number of aromatic nitrogens is 17. The van der Waals surface area contributed by atoms with Crippen molar-refractivity contribution in [2.75, 3.05) is 0 Å². The summed E-state index contributed by atoms with van der Waals surface area (Å²) in [6, 6.07) is 138. The molecule has 0 bridgehead atoms. The van der Waals surface area contributed by atoms with Gasteiger partial charge in [0.1, 0.15) is 0 Å². The van der Waals surface area contributed by atoms with E-state index in [-0.39, 0.29) is 0 Å². The molecule has 0 radical (unpaired) electrons. The van der Waals surface area contributed by atoms with Crippen LogP contribution in [-0.2, 0) is 0 Å². The lowest BCUT2D eigenvalue weighted by molar-refractivity contribution is 1.06.